The Bertz CT molecular complexity index is 4100. The van der Waals surface area contributed by atoms with Gasteiger partial charge in [-0.15, -0.1) is 5.10 Å². The van der Waals surface area contributed by atoms with E-state index < -0.39 is 96.2 Å². The van der Waals surface area contributed by atoms with Gasteiger partial charge in [-0.3, -0.25) is 14.4 Å². The molecule has 35 nitrogen and oxygen atoms in total. The van der Waals surface area contributed by atoms with Crippen LogP contribution >= 0.6 is 0 Å². The molecule has 8 rings (SSSR count). The number of piperidine rings is 1. The summed E-state index contributed by atoms with van der Waals surface area (Å²) in [4.78, 5) is 76.0. The van der Waals surface area contributed by atoms with Crippen LogP contribution < -0.4 is 22.5 Å². The number of ether oxygens (including phenoxy) is 11. The SMILES string of the molecule is C=C/C=C/C=C(\C)C(C[C@@H]1CC[C@@H](C)[C@](O)(C(=O)C(=O)N2CCCCC2C(=O)OC(C[C@@H](OC)C(C)/C=C(\C)C(O)[C@@H](O)/C(=N/OCc2cn(CCOCCOCCOCCOCCOCCOCCC(=O)NCCCCn3nc(-c4ccc5oc(N)nc5c4)c4c(N)ncnc43)nn2)C(C)CC(C)C)[C@H](N)CC2CCC(O)[C@H](OC)C2)O1)OC. The molecule has 11 N–H and O–H groups in total. The normalized spacial score (nSPS) is 21.7. The molecule has 4 aromatic heterocycles. The second-order valence-corrected chi connectivity index (χ2v) is 31.8. The van der Waals surface area contributed by atoms with Crippen LogP contribution in [0, 0.1) is 29.6 Å². The molecule has 8 unspecified atom stereocenters. The molecule has 35 heteroatoms. The number of nitrogen functional groups attached to an aromatic ring is 2. The molecule has 0 radical (unpaired) electrons. The van der Waals surface area contributed by atoms with Gasteiger partial charge in [0.15, 0.2) is 17.8 Å². The Hall–Kier alpha value is -8.11. The fourth-order valence-electron chi connectivity index (χ4n) is 15.5. The Balaban J connectivity index is 0.700. The predicted octanol–water partition coefficient (Wildman–Crippen LogP) is 7.09. The van der Waals surface area contributed by atoms with E-state index in [-0.39, 0.29) is 74.4 Å². The maximum Gasteiger partial charge on any atom is 0.329 e. The van der Waals surface area contributed by atoms with Gasteiger partial charge in [-0.2, -0.15) is 10.1 Å². The summed E-state index contributed by atoms with van der Waals surface area (Å²) < 4.78 is 72.8. The third-order valence-electron chi connectivity index (χ3n) is 22.3. The molecule has 668 valence electrons. The Morgan fingerprint density at radius 1 is 0.808 bits per heavy atom. The number of oxime groups is 1. The summed E-state index contributed by atoms with van der Waals surface area (Å²) >= 11 is 0. The van der Waals surface area contributed by atoms with E-state index >= 15 is 0 Å². The number of oxazole rings is 1. The van der Waals surface area contributed by atoms with Crippen molar-refractivity contribution in [1.29, 1.82) is 0 Å². The van der Waals surface area contributed by atoms with Crippen LogP contribution in [0.2, 0.25) is 0 Å². The number of nitrogens with two attached hydrogens (primary N) is 3. The van der Waals surface area contributed by atoms with Crippen molar-refractivity contribution in [2.45, 2.75) is 231 Å². The lowest BCUT2D eigenvalue weighted by Crippen LogP contribution is -2.61. The van der Waals surface area contributed by atoms with Crippen LogP contribution in [0.25, 0.3) is 33.4 Å². The highest BCUT2D eigenvalue weighted by Crippen LogP contribution is 2.39. The number of aromatic nitrogens is 8. The summed E-state index contributed by atoms with van der Waals surface area (Å²) in [6.45, 7) is 22.7. The van der Waals surface area contributed by atoms with Gasteiger partial charge in [0.2, 0.25) is 11.7 Å². The number of fused-ring (bicyclic) bond motifs is 2. The molecule has 2 aliphatic heterocycles. The number of allylic oxidation sites excluding steroid dienone is 4. The lowest BCUT2D eigenvalue weighted by atomic mass is 9.80. The van der Waals surface area contributed by atoms with E-state index in [4.69, 9.17) is 83.7 Å². The third-order valence-corrected chi connectivity index (χ3v) is 22.3. The molecule has 3 aliphatic rings. The Kier molecular flexibility index (Phi) is 40.9. The fourth-order valence-corrected chi connectivity index (χ4v) is 15.5. The van der Waals surface area contributed by atoms with Crippen LogP contribution in [0.3, 0.4) is 0 Å². The molecule has 6 heterocycles. The van der Waals surface area contributed by atoms with Gasteiger partial charge >= 0.3 is 5.97 Å². The second kappa shape index (κ2) is 50.5. The molecule has 2 amide bonds. The van der Waals surface area contributed by atoms with Gasteiger partial charge in [-0.05, 0) is 132 Å². The van der Waals surface area contributed by atoms with Crippen LogP contribution in [0.4, 0.5) is 11.8 Å². The monoisotopic (exact) mass is 1680 g/mol. The maximum atomic E-state index is 14.8. The van der Waals surface area contributed by atoms with Crippen molar-refractivity contribution in [1.82, 2.24) is 49.9 Å². The number of amides is 2. The first kappa shape index (κ1) is 97.3. The number of carbonyl (C=O) groups excluding carboxylic acids is 4. The van der Waals surface area contributed by atoms with E-state index in [2.05, 4.69) is 56.2 Å². The summed E-state index contributed by atoms with van der Waals surface area (Å²) in [5.74, 6) is -6.52. The van der Waals surface area contributed by atoms with Crippen molar-refractivity contribution >= 4 is 63.2 Å². The summed E-state index contributed by atoms with van der Waals surface area (Å²) in [6, 6.07) is 3.62. The van der Waals surface area contributed by atoms with Crippen LogP contribution in [0.5, 0.6) is 0 Å². The number of nitrogens with one attached hydrogen (secondary N) is 1. The van der Waals surface area contributed by atoms with Crippen LogP contribution in [0.15, 0.2) is 88.4 Å². The highest BCUT2D eigenvalue weighted by Gasteiger charge is 2.53. The van der Waals surface area contributed by atoms with E-state index in [1.54, 1.807) is 67.9 Å². The number of aliphatic hydroxyl groups excluding tert-OH is 3. The zero-order valence-corrected chi connectivity index (χ0v) is 71.7. The van der Waals surface area contributed by atoms with Crippen molar-refractivity contribution in [3.63, 3.8) is 0 Å². The molecule has 5 aromatic rings. The highest BCUT2D eigenvalue weighted by atomic mass is 16.6. The molecule has 120 heavy (non-hydrogen) atoms. The van der Waals surface area contributed by atoms with Crippen molar-refractivity contribution < 1.29 is 101 Å². The molecule has 0 bridgehead atoms. The number of hydrogen-bond donors (Lipinski definition) is 8. The smallest absolute Gasteiger partial charge is 0.329 e. The number of unbranched alkanes of at least 4 members (excludes halogenated alkanes) is 1. The molecule has 1 aliphatic carbocycles. The summed E-state index contributed by atoms with van der Waals surface area (Å²) in [5.41, 5.74) is 24.3. The molecule has 1 saturated carbocycles. The Morgan fingerprint density at radius 2 is 1.51 bits per heavy atom. The van der Waals surface area contributed by atoms with E-state index in [1.807, 2.05) is 45.1 Å². The Morgan fingerprint density at radius 3 is 2.18 bits per heavy atom. The fraction of sp³-hybridized carbons (Fsp3) is 0.682. The largest absolute Gasteiger partial charge is 0.459 e. The number of carbonyl (C=O) groups is 4. The number of benzene rings is 1. The van der Waals surface area contributed by atoms with Gasteiger partial charge in [-0.1, -0.05) is 81.9 Å². The maximum absolute atomic E-state index is 14.8. The summed E-state index contributed by atoms with van der Waals surface area (Å²) in [6.07, 6.45) is 12.4. The first-order valence-electron chi connectivity index (χ1n) is 42.2. The lowest BCUT2D eigenvalue weighted by molar-refractivity contribution is -0.265. The number of aryl methyl sites for hydroxylation is 1. The first-order chi connectivity index (χ1) is 57.8. The topological polar surface area (TPSA) is 466 Å². The number of likely N-dealkylation sites (tertiary alicyclic amines) is 1. The summed E-state index contributed by atoms with van der Waals surface area (Å²) in [7, 11) is 4.65. The van der Waals surface area contributed by atoms with Gasteiger partial charge < -0.3 is 109 Å². The van der Waals surface area contributed by atoms with Crippen LogP contribution in [-0.4, -0.2) is 275 Å². The number of rotatable bonds is 55. The molecular weight excluding hydrogens is 1550 g/mol. The van der Waals surface area contributed by atoms with Crippen molar-refractivity contribution in [3.05, 3.63) is 84.5 Å². The quantitative estimate of drug-likeness (QED) is 0.00366. The third kappa shape index (κ3) is 29.6. The average Bonchev–Trinajstić information content (AvgIpc) is 1.74. The van der Waals surface area contributed by atoms with Gasteiger partial charge in [0.1, 0.15) is 53.4 Å². The lowest BCUT2D eigenvalue weighted by Gasteiger charge is -2.43. The van der Waals surface area contributed by atoms with Gasteiger partial charge in [0.25, 0.3) is 17.7 Å². The number of methoxy groups -OCH3 is 3. The number of esters is 1. The van der Waals surface area contributed by atoms with E-state index in [9.17, 15) is 39.6 Å². The molecule has 0 spiro atoms. The molecule has 2 saturated heterocycles. The van der Waals surface area contributed by atoms with Crippen LogP contribution in [0.1, 0.15) is 150 Å². The van der Waals surface area contributed by atoms with Gasteiger partial charge in [0, 0.05) is 89.6 Å². The van der Waals surface area contributed by atoms with E-state index in [1.165, 1.54) is 18.3 Å². The number of ketones is 1. The minimum Gasteiger partial charge on any atom is -0.459 e. The number of hydrogen-bond acceptors (Lipinski definition) is 31. The Labute approximate surface area is 703 Å². The minimum atomic E-state index is -2.47. The van der Waals surface area contributed by atoms with E-state index in [0.29, 0.717) is 201 Å². The average molecular weight is 1690 g/mol. The standard InChI is InChI=1S/C85H132N14O21/c1-12-13-14-19-55(4)69(108-9)49-63-24-21-59(8)85(107,120-63)79(104)82(105)98-29-17-15-20-66(98)83(106)118-71(64(86)46-60-22-25-67(100)72(47-60)110-11)50-70(109-10)56(5)45-58(7)77(102)78(103)75(57(6)44-54(2)3)95-117-52-62-51-97(96-93-62)31-33-112-35-37-114-39-41-116-43-42-115-40-38-113-36-34-111-32-27-73(101)89-28-16-18-30-99-81-74(80(87)90-53-91-81)76(94-99)61-23-26-68-65(48-61)92-84(88)119-68/h12-14,19,23,26,45,48,51,53-54,56-57,59-60,63-64,66-67,69-72,77-78,100,102-103,107H,1,15-18,20-22,24-25,27-44,46-47,49-50,52,86H2,2-11H3,(H2,88,92)(H,89,101)(H2,87,90,91)/b14-13+,55-19+,58-45+,95-75+/t56?,57?,59-,60?,63+,64-,66?,67?,69?,70-,71?,72-,77?,78+,85-/m1/s1. The zero-order valence-electron chi connectivity index (χ0n) is 71.7. The van der Waals surface area contributed by atoms with Gasteiger partial charge in [0.05, 0.1) is 134 Å². The number of anilines is 2. The number of nitrogens with zero attached hydrogens (tertiary/aromatic N) is 10. The number of aliphatic hydroxyl groups is 4. The van der Waals surface area contributed by atoms with Crippen molar-refractivity contribution in [3.8, 4) is 11.3 Å². The first-order valence-corrected chi connectivity index (χ1v) is 42.2. The molecule has 3 fully saturated rings. The zero-order chi connectivity index (χ0) is 86.7. The molecule has 1 aromatic carbocycles. The van der Waals surface area contributed by atoms with Crippen LogP contribution in [-0.2, 0) is 95.8 Å². The van der Waals surface area contributed by atoms with E-state index in [0.717, 1.165) is 24.0 Å². The molecule has 15 atom stereocenters. The highest BCUT2D eigenvalue weighted by molar-refractivity contribution is 6.39. The van der Waals surface area contributed by atoms with Crippen molar-refractivity contribution in [2.75, 3.05) is 125 Å². The summed E-state index contributed by atoms with van der Waals surface area (Å²) in [5, 5.41) is 67.9. The number of Topliss-reactive ketones (excluding diaryl/α,β-unsaturated/α-hetero) is 1. The predicted molar refractivity (Wildman–Crippen MR) is 448 cm³/mol. The van der Waals surface area contributed by atoms with Crippen molar-refractivity contribution in [2.24, 2.45) is 40.5 Å². The molecular formula is C85H132N14O21. The minimum absolute atomic E-state index is 0.00554. The second-order valence-electron chi connectivity index (χ2n) is 31.8. The van der Waals surface area contributed by atoms with Gasteiger partial charge in [-0.25, -0.2) is 24.1 Å².